The normalized spacial score (nSPS) is 11.0. The lowest BCUT2D eigenvalue weighted by atomic mass is 10.3. The van der Waals surface area contributed by atoms with Crippen LogP contribution in [0.1, 0.15) is 12.8 Å². The molecule has 0 radical (unpaired) electrons. The molecular formula is C11H13BrN2O6S. The van der Waals surface area contributed by atoms with E-state index in [9.17, 15) is 23.3 Å². The van der Waals surface area contributed by atoms with Gasteiger partial charge in [0.1, 0.15) is 0 Å². The summed E-state index contributed by atoms with van der Waals surface area (Å²) in [5, 5.41) is 10.6. The van der Waals surface area contributed by atoms with E-state index in [-0.39, 0.29) is 34.4 Å². The molecule has 0 bridgehead atoms. The third-order valence-corrected chi connectivity index (χ3v) is 4.45. The average molecular weight is 381 g/mol. The lowest BCUT2D eigenvalue weighted by Crippen LogP contribution is -2.17. The zero-order valence-electron chi connectivity index (χ0n) is 11.0. The fourth-order valence-electron chi connectivity index (χ4n) is 1.46. The molecule has 0 amide bonds. The van der Waals surface area contributed by atoms with Gasteiger partial charge in [-0.25, -0.2) is 8.42 Å². The van der Waals surface area contributed by atoms with Crippen molar-refractivity contribution in [2.24, 2.45) is 0 Å². The van der Waals surface area contributed by atoms with Crippen molar-refractivity contribution in [1.82, 2.24) is 0 Å². The third-order valence-electron chi connectivity index (χ3n) is 2.44. The summed E-state index contributed by atoms with van der Waals surface area (Å²) in [6.45, 7) is 0. The molecule has 0 unspecified atom stereocenters. The van der Waals surface area contributed by atoms with Gasteiger partial charge in [0, 0.05) is 12.5 Å². The van der Waals surface area contributed by atoms with Crippen molar-refractivity contribution < 1.29 is 22.9 Å². The summed E-state index contributed by atoms with van der Waals surface area (Å²) in [6.07, 6.45) is 0.123. The second kappa shape index (κ2) is 7.36. The lowest BCUT2D eigenvalue weighted by molar-refractivity contribution is -0.385. The number of esters is 1. The molecule has 0 aliphatic carbocycles. The molecule has 0 fully saturated rings. The van der Waals surface area contributed by atoms with Gasteiger partial charge in [-0.15, -0.1) is 0 Å². The molecule has 21 heavy (non-hydrogen) atoms. The Morgan fingerprint density at radius 1 is 1.48 bits per heavy atom. The van der Waals surface area contributed by atoms with E-state index < -0.39 is 20.9 Å². The molecule has 1 N–H and O–H groups in total. The molecule has 8 nitrogen and oxygen atoms in total. The number of nitro groups is 1. The summed E-state index contributed by atoms with van der Waals surface area (Å²) < 4.78 is 30.4. The molecule has 0 aromatic heterocycles. The zero-order chi connectivity index (χ0) is 16.0. The molecule has 1 aromatic carbocycles. The van der Waals surface area contributed by atoms with Crippen LogP contribution >= 0.6 is 15.9 Å². The van der Waals surface area contributed by atoms with Crippen LogP contribution in [0.3, 0.4) is 0 Å². The number of sulfonamides is 1. The predicted octanol–water partition coefficient (Wildman–Crippen LogP) is 2.05. The number of hydrogen-bond donors (Lipinski definition) is 1. The van der Waals surface area contributed by atoms with Crippen molar-refractivity contribution >= 4 is 43.3 Å². The maximum absolute atomic E-state index is 11.8. The van der Waals surface area contributed by atoms with E-state index >= 15 is 0 Å². The fourth-order valence-corrected chi connectivity index (χ4v) is 3.09. The number of ether oxygens (including phenoxy) is 1. The van der Waals surface area contributed by atoms with Gasteiger partial charge in [0.05, 0.1) is 27.9 Å². The van der Waals surface area contributed by atoms with Crippen LogP contribution in [0, 0.1) is 10.1 Å². The molecule has 116 valence electrons. The Morgan fingerprint density at radius 3 is 2.67 bits per heavy atom. The maximum Gasteiger partial charge on any atom is 0.305 e. The minimum absolute atomic E-state index is 0.00136. The number of anilines is 1. The molecule has 0 heterocycles. The number of nitrogens with zero attached hydrogens (tertiary/aromatic N) is 1. The Morgan fingerprint density at radius 2 is 2.14 bits per heavy atom. The largest absolute Gasteiger partial charge is 0.469 e. The number of methoxy groups -OCH3 is 1. The molecule has 1 rings (SSSR count). The molecule has 0 spiro atoms. The van der Waals surface area contributed by atoms with Crippen molar-refractivity contribution in [3.63, 3.8) is 0 Å². The summed E-state index contributed by atoms with van der Waals surface area (Å²) in [7, 11) is -2.41. The standard InChI is InChI=1S/C11H13BrN2O6S/c1-20-11(15)3-2-6-21(18,19)13-8-4-5-10(14(16)17)9(12)7-8/h4-5,7,13H,2-3,6H2,1H3. The zero-order valence-corrected chi connectivity index (χ0v) is 13.4. The predicted molar refractivity (Wildman–Crippen MR) is 79.5 cm³/mol. The molecule has 0 aliphatic heterocycles. The van der Waals surface area contributed by atoms with Crippen molar-refractivity contribution in [1.29, 1.82) is 0 Å². The van der Waals surface area contributed by atoms with Crippen LogP contribution in [0.25, 0.3) is 0 Å². The highest BCUT2D eigenvalue weighted by Crippen LogP contribution is 2.28. The molecule has 1 aromatic rings. The maximum atomic E-state index is 11.8. The minimum Gasteiger partial charge on any atom is -0.469 e. The summed E-state index contributed by atoms with van der Waals surface area (Å²) in [5.41, 5.74) is 0.0363. The summed E-state index contributed by atoms with van der Waals surface area (Å²) in [6, 6.07) is 3.78. The first-order chi connectivity index (χ1) is 9.75. The number of halogens is 1. The van der Waals surface area contributed by atoms with Gasteiger partial charge in [-0.05, 0) is 34.5 Å². The topological polar surface area (TPSA) is 116 Å². The van der Waals surface area contributed by atoms with Crippen molar-refractivity contribution in [3.8, 4) is 0 Å². The van der Waals surface area contributed by atoms with Gasteiger partial charge < -0.3 is 4.74 Å². The van der Waals surface area contributed by atoms with E-state index in [1.807, 2.05) is 0 Å². The highest BCUT2D eigenvalue weighted by molar-refractivity contribution is 9.10. The first-order valence-electron chi connectivity index (χ1n) is 5.76. The SMILES string of the molecule is COC(=O)CCCS(=O)(=O)Nc1ccc([N+](=O)[O-])c(Br)c1. The van der Waals surface area contributed by atoms with Crippen LogP contribution in [0.15, 0.2) is 22.7 Å². The van der Waals surface area contributed by atoms with Gasteiger partial charge in [-0.2, -0.15) is 0 Å². The molecule has 10 heteroatoms. The Bertz CT molecular complexity index is 646. The van der Waals surface area contributed by atoms with Gasteiger partial charge in [-0.1, -0.05) is 0 Å². The van der Waals surface area contributed by atoms with Crippen LogP contribution in [-0.4, -0.2) is 32.2 Å². The number of nitro benzene ring substituents is 1. The van der Waals surface area contributed by atoms with Crippen LogP contribution in [0.4, 0.5) is 11.4 Å². The first-order valence-corrected chi connectivity index (χ1v) is 8.21. The van der Waals surface area contributed by atoms with Gasteiger partial charge >= 0.3 is 5.97 Å². The number of hydrogen-bond acceptors (Lipinski definition) is 6. The summed E-state index contributed by atoms with van der Waals surface area (Å²) in [5.74, 6) is -0.736. The number of rotatable bonds is 7. The quantitative estimate of drug-likeness (QED) is 0.439. The van der Waals surface area contributed by atoms with Crippen LogP contribution in [-0.2, 0) is 19.6 Å². The average Bonchev–Trinajstić information content (AvgIpc) is 2.37. The van der Waals surface area contributed by atoms with Gasteiger partial charge in [-0.3, -0.25) is 19.6 Å². The summed E-state index contributed by atoms with van der Waals surface area (Å²) in [4.78, 5) is 21.0. The highest BCUT2D eigenvalue weighted by atomic mass is 79.9. The highest BCUT2D eigenvalue weighted by Gasteiger charge is 2.15. The second-order valence-corrected chi connectivity index (χ2v) is 6.72. The third kappa shape index (κ3) is 5.68. The Hall–Kier alpha value is -1.68. The number of benzene rings is 1. The van der Waals surface area contributed by atoms with E-state index in [2.05, 4.69) is 25.4 Å². The fraction of sp³-hybridized carbons (Fsp3) is 0.364. The molecular weight excluding hydrogens is 368 g/mol. The van der Waals surface area contributed by atoms with Crippen LogP contribution in [0.2, 0.25) is 0 Å². The second-order valence-electron chi connectivity index (χ2n) is 4.02. The van der Waals surface area contributed by atoms with E-state index in [1.54, 1.807) is 0 Å². The number of carbonyl (C=O) groups excluding carboxylic acids is 1. The Labute approximate surface area is 129 Å². The first kappa shape index (κ1) is 17.4. The Kier molecular flexibility index (Phi) is 6.09. The monoisotopic (exact) mass is 380 g/mol. The smallest absolute Gasteiger partial charge is 0.305 e. The minimum atomic E-state index is -3.64. The molecule has 0 atom stereocenters. The molecule has 0 saturated heterocycles. The lowest BCUT2D eigenvalue weighted by Gasteiger charge is -2.08. The van der Waals surface area contributed by atoms with E-state index in [0.29, 0.717) is 0 Å². The van der Waals surface area contributed by atoms with Crippen molar-refractivity contribution in [3.05, 3.63) is 32.8 Å². The van der Waals surface area contributed by atoms with E-state index in [1.165, 1.54) is 25.3 Å². The van der Waals surface area contributed by atoms with Gasteiger partial charge in [0.25, 0.3) is 5.69 Å². The van der Waals surface area contributed by atoms with E-state index in [0.717, 1.165) is 0 Å². The molecule has 0 aliphatic rings. The Balaban J connectivity index is 2.69. The van der Waals surface area contributed by atoms with Crippen LogP contribution in [0.5, 0.6) is 0 Å². The van der Waals surface area contributed by atoms with E-state index in [4.69, 9.17) is 0 Å². The van der Waals surface area contributed by atoms with Crippen molar-refractivity contribution in [2.45, 2.75) is 12.8 Å². The molecule has 0 saturated carbocycles. The van der Waals surface area contributed by atoms with Gasteiger partial charge in [0.2, 0.25) is 10.0 Å². The van der Waals surface area contributed by atoms with Crippen LogP contribution < -0.4 is 4.72 Å². The number of nitrogens with one attached hydrogen (secondary N) is 1. The summed E-state index contributed by atoms with van der Waals surface area (Å²) >= 11 is 3.00. The van der Waals surface area contributed by atoms with Gasteiger partial charge in [0.15, 0.2) is 0 Å². The number of carbonyl (C=O) groups is 1. The van der Waals surface area contributed by atoms with Crippen molar-refractivity contribution in [2.75, 3.05) is 17.6 Å².